The molecule has 1 rings (SSSR count). The van der Waals surface area contributed by atoms with E-state index in [9.17, 15) is 0 Å². The molecule has 1 aliphatic heterocycles. The van der Waals surface area contributed by atoms with E-state index >= 15 is 0 Å². The van der Waals surface area contributed by atoms with Crippen LogP contribution in [0.15, 0.2) is 16.4 Å². The first-order valence-electron chi connectivity index (χ1n) is 3.32. The molecule has 0 aliphatic carbocycles. The van der Waals surface area contributed by atoms with Gasteiger partial charge < -0.3 is 10.1 Å². The molecule has 0 saturated heterocycles. The van der Waals surface area contributed by atoms with E-state index < -0.39 is 0 Å². The summed E-state index contributed by atoms with van der Waals surface area (Å²) >= 11 is 0. The third kappa shape index (κ3) is 1.84. The van der Waals surface area contributed by atoms with Crippen molar-refractivity contribution in [2.45, 2.75) is 13.8 Å². The first-order valence-corrected chi connectivity index (χ1v) is 3.32. The highest BCUT2D eigenvalue weighted by Gasteiger charge is 1.95. The predicted molar refractivity (Wildman–Crippen MR) is 40.8 cm³/mol. The summed E-state index contributed by atoms with van der Waals surface area (Å²) < 4.78 is 5.10. The molecule has 0 atom stereocenters. The summed E-state index contributed by atoms with van der Waals surface area (Å²) in [6.45, 7) is 5.14. The van der Waals surface area contributed by atoms with E-state index in [-0.39, 0.29) is 0 Å². The third-order valence-corrected chi connectivity index (χ3v) is 1.46. The Kier molecular flexibility index (Phi) is 2.45. The Hall–Kier alpha value is -0.830. The Morgan fingerprint density at radius 3 is 3.20 bits per heavy atom. The molecule has 0 aromatic rings. The first-order chi connectivity index (χ1) is 4.80. The molecule has 0 bridgehead atoms. The van der Waals surface area contributed by atoms with Crippen LogP contribution in [0.5, 0.6) is 0 Å². The standard InChI is InChI=1S/C7H12N2O/c1-6-7(2)9-5-10-4-3-8-6/h3,9H,4-5H2,1-2H3/b7-6-,8-3-. The highest BCUT2D eigenvalue weighted by molar-refractivity contribution is 5.60. The molecule has 0 saturated carbocycles. The van der Waals surface area contributed by atoms with Gasteiger partial charge in [-0.25, -0.2) is 0 Å². The van der Waals surface area contributed by atoms with E-state index in [1.165, 1.54) is 0 Å². The van der Waals surface area contributed by atoms with Gasteiger partial charge in [0.25, 0.3) is 0 Å². The minimum Gasteiger partial charge on any atom is -0.365 e. The first kappa shape index (κ1) is 7.28. The Bertz CT molecular complexity index is 172. The summed E-state index contributed by atoms with van der Waals surface area (Å²) in [5, 5.41) is 3.08. The van der Waals surface area contributed by atoms with Crippen molar-refractivity contribution < 1.29 is 4.74 Å². The van der Waals surface area contributed by atoms with Crippen LogP contribution in [-0.2, 0) is 4.74 Å². The zero-order chi connectivity index (χ0) is 7.40. The molecule has 0 radical (unpaired) electrons. The van der Waals surface area contributed by atoms with Crippen molar-refractivity contribution in [3.8, 4) is 0 Å². The van der Waals surface area contributed by atoms with Crippen molar-refractivity contribution in [1.29, 1.82) is 0 Å². The van der Waals surface area contributed by atoms with Gasteiger partial charge in [0.1, 0.15) is 6.73 Å². The number of allylic oxidation sites excluding steroid dienone is 2. The van der Waals surface area contributed by atoms with Gasteiger partial charge in [-0.05, 0) is 13.8 Å². The van der Waals surface area contributed by atoms with Gasteiger partial charge in [-0.1, -0.05) is 0 Å². The number of hydrogen-bond donors (Lipinski definition) is 1. The summed E-state index contributed by atoms with van der Waals surface area (Å²) in [4.78, 5) is 4.13. The van der Waals surface area contributed by atoms with Gasteiger partial charge in [-0.15, -0.1) is 0 Å². The number of hydrogen-bond acceptors (Lipinski definition) is 3. The number of nitrogens with one attached hydrogen (secondary N) is 1. The summed E-state index contributed by atoms with van der Waals surface area (Å²) in [6, 6.07) is 0. The van der Waals surface area contributed by atoms with Crippen LogP contribution in [0.4, 0.5) is 0 Å². The van der Waals surface area contributed by atoms with Crippen molar-refractivity contribution in [3.63, 3.8) is 0 Å². The van der Waals surface area contributed by atoms with Crippen molar-refractivity contribution in [3.05, 3.63) is 11.4 Å². The zero-order valence-corrected chi connectivity index (χ0v) is 6.35. The van der Waals surface area contributed by atoms with Crippen molar-refractivity contribution in [2.75, 3.05) is 13.3 Å². The van der Waals surface area contributed by atoms with Crippen LogP contribution in [0, 0.1) is 0 Å². The topological polar surface area (TPSA) is 33.6 Å². The van der Waals surface area contributed by atoms with Crippen LogP contribution >= 0.6 is 0 Å². The maximum Gasteiger partial charge on any atom is 0.116 e. The number of aliphatic imine (C=N–C) groups is 1. The fourth-order valence-corrected chi connectivity index (χ4v) is 0.670. The van der Waals surface area contributed by atoms with Crippen LogP contribution in [0.1, 0.15) is 13.8 Å². The smallest absolute Gasteiger partial charge is 0.116 e. The van der Waals surface area contributed by atoms with E-state index in [4.69, 9.17) is 4.74 Å². The largest absolute Gasteiger partial charge is 0.365 e. The van der Waals surface area contributed by atoms with Gasteiger partial charge >= 0.3 is 0 Å². The zero-order valence-electron chi connectivity index (χ0n) is 6.35. The second kappa shape index (κ2) is 3.37. The molecule has 1 heterocycles. The molecule has 0 aromatic heterocycles. The molecule has 3 nitrogen and oxygen atoms in total. The lowest BCUT2D eigenvalue weighted by atomic mass is 10.4. The van der Waals surface area contributed by atoms with Crippen LogP contribution in [0.25, 0.3) is 0 Å². The van der Waals surface area contributed by atoms with Crippen LogP contribution in [-0.4, -0.2) is 19.6 Å². The summed E-state index contributed by atoms with van der Waals surface area (Å²) in [5.41, 5.74) is 2.11. The lowest BCUT2D eigenvalue weighted by molar-refractivity contribution is 0.160. The van der Waals surface area contributed by atoms with Crippen molar-refractivity contribution in [1.82, 2.24) is 5.32 Å². The molecule has 0 aromatic carbocycles. The summed E-state index contributed by atoms with van der Waals surface area (Å²) in [5.74, 6) is 0. The van der Waals surface area contributed by atoms with Crippen LogP contribution < -0.4 is 5.32 Å². The molecule has 0 amide bonds. The van der Waals surface area contributed by atoms with Crippen LogP contribution in [0.2, 0.25) is 0 Å². The number of rotatable bonds is 0. The van der Waals surface area contributed by atoms with Gasteiger partial charge in [0, 0.05) is 11.9 Å². The molecule has 0 unspecified atom stereocenters. The van der Waals surface area contributed by atoms with Gasteiger partial charge in [-0.2, -0.15) is 0 Å². The Morgan fingerprint density at radius 2 is 2.40 bits per heavy atom. The Labute approximate surface area is 60.8 Å². The molecular weight excluding hydrogens is 128 g/mol. The minimum absolute atomic E-state index is 0.579. The summed E-state index contributed by atoms with van der Waals surface area (Å²) in [7, 11) is 0. The van der Waals surface area contributed by atoms with Crippen molar-refractivity contribution >= 4 is 6.21 Å². The lowest BCUT2D eigenvalue weighted by Gasteiger charge is -2.10. The second-order valence-electron chi connectivity index (χ2n) is 2.21. The predicted octanol–water partition coefficient (Wildman–Crippen LogP) is 0.886. The molecule has 10 heavy (non-hydrogen) atoms. The van der Waals surface area contributed by atoms with Gasteiger partial charge in [0.15, 0.2) is 0 Å². The van der Waals surface area contributed by atoms with Crippen LogP contribution in [0.3, 0.4) is 0 Å². The SMILES string of the molecule is CC1=C(\C)NCOC/C=N\1. The molecule has 0 spiro atoms. The fourth-order valence-electron chi connectivity index (χ4n) is 0.670. The van der Waals surface area contributed by atoms with Crippen molar-refractivity contribution in [2.24, 2.45) is 4.99 Å². The van der Waals surface area contributed by atoms with E-state index in [1.54, 1.807) is 6.21 Å². The lowest BCUT2D eigenvalue weighted by Crippen LogP contribution is -2.19. The quantitative estimate of drug-likeness (QED) is 0.542. The highest BCUT2D eigenvalue weighted by atomic mass is 16.5. The van der Waals surface area contributed by atoms with E-state index in [0.29, 0.717) is 13.3 Å². The summed E-state index contributed by atoms with van der Waals surface area (Å²) in [6.07, 6.45) is 1.78. The average Bonchev–Trinajstić information content (AvgIpc) is 1.92. The van der Waals surface area contributed by atoms with Gasteiger partial charge in [0.2, 0.25) is 0 Å². The normalized spacial score (nSPS) is 30.2. The molecular formula is C7H12N2O. The average molecular weight is 140 g/mol. The molecule has 1 N–H and O–H groups in total. The number of nitrogens with zero attached hydrogens (tertiary/aromatic N) is 1. The third-order valence-electron chi connectivity index (χ3n) is 1.46. The molecule has 3 heteroatoms. The Balaban J connectivity index is 2.67. The van der Waals surface area contributed by atoms with E-state index in [1.807, 2.05) is 13.8 Å². The maximum absolute atomic E-state index is 5.10. The van der Waals surface area contributed by atoms with E-state index in [2.05, 4.69) is 10.3 Å². The maximum atomic E-state index is 5.10. The van der Waals surface area contributed by atoms with Gasteiger partial charge in [-0.3, -0.25) is 4.99 Å². The monoisotopic (exact) mass is 140 g/mol. The van der Waals surface area contributed by atoms with E-state index in [0.717, 1.165) is 11.4 Å². The molecule has 1 aliphatic rings. The second-order valence-corrected chi connectivity index (χ2v) is 2.21. The Morgan fingerprint density at radius 1 is 1.60 bits per heavy atom. The molecule has 0 fully saturated rings. The number of ether oxygens (including phenoxy) is 1. The minimum atomic E-state index is 0.579. The fraction of sp³-hybridized carbons (Fsp3) is 0.571. The van der Waals surface area contributed by atoms with Gasteiger partial charge in [0.05, 0.1) is 12.3 Å². The molecule has 56 valence electrons. The highest BCUT2D eigenvalue weighted by Crippen LogP contribution is 2.01.